The number of halogens is 1. The smallest absolute Gasteiger partial charge is 0.255 e. The average Bonchev–Trinajstić information content (AvgIpc) is 2.41. The van der Waals surface area contributed by atoms with Gasteiger partial charge in [-0.1, -0.05) is 11.6 Å². The Balaban J connectivity index is 2.18. The lowest BCUT2D eigenvalue weighted by Crippen LogP contribution is -2.13. The number of carbonyl (C=O) groups is 1. The van der Waals surface area contributed by atoms with Gasteiger partial charge in [-0.15, -0.1) is 0 Å². The Morgan fingerprint density at radius 1 is 1.14 bits per heavy atom. The molecule has 0 aromatic heterocycles. The van der Waals surface area contributed by atoms with Crippen molar-refractivity contribution in [3.05, 3.63) is 53.1 Å². The molecule has 2 rings (SSSR count). The number of nitrogens with two attached hydrogens (primary N) is 1. The maximum absolute atomic E-state index is 12.0. The zero-order valence-electron chi connectivity index (χ0n) is 10.6. The number of amides is 1. The standard InChI is InChI=1S/C13H11ClN2O4S/c14-11-7-8(1-6-12(11)17)13(18)16-9-2-4-10(5-3-9)21(15,19)20/h1-7,17H,(H,16,18)(H2,15,19,20). The van der Waals surface area contributed by atoms with E-state index in [0.29, 0.717) is 5.69 Å². The summed E-state index contributed by atoms with van der Waals surface area (Å²) in [6, 6.07) is 9.45. The van der Waals surface area contributed by atoms with Crippen molar-refractivity contribution in [1.29, 1.82) is 0 Å². The molecule has 0 fully saturated rings. The first-order valence-electron chi connectivity index (χ1n) is 5.70. The number of phenolic OH excluding ortho intramolecular Hbond substituents is 1. The number of anilines is 1. The Labute approximate surface area is 126 Å². The number of sulfonamides is 1. The predicted molar refractivity (Wildman–Crippen MR) is 78.9 cm³/mol. The number of phenols is 1. The van der Waals surface area contributed by atoms with Crippen LogP contribution in [0.3, 0.4) is 0 Å². The molecular formula is C13H11ClN2O4S. The van der Waals surface area contributed by atoms with Gasteiger partial charge in [0.1, 0.15) is 5.75 Å². The van der Waals surface area contributed by atoms with Crippen molar-refractivity contribution >= 4 is 33.2 Å². The summed E-state index contributed by atoms with van der Waals surface area (Å²) in [6.07, 6.45) is 0. The molecule has 8 heteroatoms. The van der Waals surface area contributed by atoms with Gasteiger partial charge in [-0.05, 0) is 42.5 Å². The molecule has 0 aliphatic carbocycles. The predicted octanol–water partition coefficient (Wildman–Crippen LogP) is 1.95. The summed E-state index contributed by atoms with van der Waals surface area (Å²) in [5.74, 6) is -0.564. The first-order valence-corrected chi connectivity index (χ1v) is 7.62. The zero-order valence-corrected chi connectivity index (χ0v) is 12.1. The molecule has 110 valence electrons. The van der Waals surface area contributed by atoms with Gasteiger partial charge in [0, 0.05) is 11.3 Å². The summed E-state index contributed by atoms with van der Waals surface area (Å²) >= 11 is 5.72. The van der Waals surface area contributed by atoms with Gasteiger partial charge in [0.05, 0.1) is 9.92 Å². The molecule has 1 amide bonds. The van der Waals surface area contributed by atoms with Crippen LogP contribution in [0.4, 0.5) is 5.69 Å². The van der Waals surface area contributed by atoms with Crippen molar-refractivity contribution in [2.45, 2.75) is 4.90 Å². The second kappa shape index (κ2) is 5.72. The Hall–Kier alpha value is -2.09. The number of benzene rings is 2. The van der Waals surface area contributed by atoms with Crippen molar-refractivity contribution in [2.24, 2.45) is 5.14 Å². The lowest BCUT2D eigenvalue weighted by Gasteiger charge is -2.07. The van der Waals surface area contributed by atoms with E-state index in [9.17, 15) is 18.3 Å². The van der Waals surface area contributed by atoms with E-state index in [1.54, 1.807) is 0 Å². The van der Waals surface area contributed by atoms with Gasteiger partial charge in [0.15, 0.2) is 0 Å². The molecule has 2 aromatic carbocycles. The van der Waals surface area contributed by atoms with Crippen LogP contribution in [0, 0.1) is 0 Å². The molecule has 0 atom stereocenters. The van der Waals surface area contributed by atoms with E-state index in [0.717, 1.165) is 0 Å². The van der Waals surface area contributed by atoms with Crippen molar-refractivity contribution in [1.82, 2.24) is 0 Å². The van der Waals surface area contributed by atoms with E-state index in [1.165, 1.54) is 42.5 Å². The van der Waals surface area contributed by atoms with E-state index in [1.807, 2.05) is 0 Å². The second-order valence-electron chi connectivity index (χ2n) is 4.19. The molecule has 21 heavy (non-hydrogen) atoms. The Bertz CT molecular complexity index is 788. The van der Waals surface area contributed by atoms with Gasteiger partial charge >= 0.3 is 0 Å². The van der Waals surface area contributed by atoms with E-state index in [4.69, 9.17) is 16.7 Å². The molecule has 0 aliphatic heterocycles. The van der Waals surface area contributed by atoms with E-state index >= 15 is 0 Å². The third kappa shape index (κ3) is 3.72. The van der Waals surface area contributed by atoms with Crippen LogP contribution in [0.15, 0.2) is 47.4 Å². The number of primary sulfonamides is 1. The number of hydrogen-bond donors (Lipinski definition) is 3. The van der Waals surface area contributed by atoms with E-state index < -0.39 is 15.9 Å². The van der Waals surface area contributed by atoms with Crippen LogP contribution in [-0.4, -0.2) is 19.4 Å². The fraction of sp³-hybridized carbons (Fsp3) is 0. The van der Waals surface area contributed by atoms with Crippen LogP contribution in [0.1, 0.15) is 10.4 Å². The van der Waals surface area contributed by atoms with Crippen molar-refractivity contribution in [3.63, 3.8) is 0 Å². The van der Waals surface area contributed by atoms with Crippen molar-refractivity contribution in [3.8, 4) is 5.75 Å². The minimum atomic E-state index is -3.77. The molecule has 2 aromatic rings. The molecule has 0 radical (unpaired) electrons. The summed E-state index contributed by atoms with van der Waals surface area (Å²) in [7, 11) is -3.77. The topological polar surface area (TPSA) is 109 Å². The summed E-state index contributed by atoms with van der Waals surface area (Å²) in [5, 5.41) is 16.9. The molecule has 6 nitrogen and oxygen atoms in total. The van der Waals surface area contributed by atoms with Gasteiger partial charge < -0.3 is 10.4 Å². The summed E-state index contributed by atoms with van der Waals surface area (Å²) in [6.45, 7) is 0. The second-order valence-corrected chi connectivity index (χ2v) is 6.16. The average molecular weight is 327 g/mol. The molecule has 0 heterocycles. The van der Waals surface area contributed by atoms with Crippen LogP contribution in [0.25, 0.3) is 0 Å². The number of carbonyl (C=O) groups excluding carboxylic acids is 1. The minimum absolute atomic E-state index is 0.0480. The molecule has 4 N–H and O–H groups in total. The fourth-order valence-corrected chi connectivity index (χ4v) is 2.28. The van der Waals surface area contributed by atoms with Crippen LogP contribution >= 0.6 is 11.6 Å². The zero-order chi connectivity index (χ0) is 15.6. The quantitative estimate of drug-likeness (QED) is 0.800. The molecule has 0 unspecified atom stereocenters. The summed E-state index contributed by atoms with van der Waals surface area (Å²) < 4.78 is 22.2. The first-order chi connectivity index (χ1) is 9.77. The largest absolute Gasteiger partial charge is 0.506 e. The third-order valence-electron chi connectivity index (χ3n) is 2.65. The van der Waals surface area contributed by atoms with Crippen LogP contribution < -0.4 is 10.5 Å². The van der Waals surface area contributed by atoms with Crippen LogP contribution in [-0.2, 0) is 10.0 Å². The molecule has 0 saturated carbocycles. The number of nitrogens with one attached hydrogen (secondary N) is 1. The van der Waals surface area contributed by atoms with Gasteiger partial charge in [-0.2, -0.15) is 0 Å². The van der Waals surface area contributed by atoms with Crippen LogP contribution in [0.2, 0.25) is 5.02 Å². The lowest BCUT2D eigenvalue weighted by atomic mass is 10.2. The van der Waals surface area contributed by atoms with Gasteiger partial charge in [-0.3, -0.25) is 4.79 Å². The van der Waals surface area contributed by atoms with Gasteiger partial charge in [-0.25, -0.2) is 13.6 Å². The highest BCUT2D eigenvalue weighted by molar-refractivity contribution is 7.89. The molecule has 0 saturated heterocycles. The van der Waals surface area contributed by atoms with Crippen molar-refractivity contribution in [2.75, 3.05) is 5.32 Å². The van der Waals surface area contributed by atoms with Crippen LogP contribution in [0.5, 0.6) is 5.75 Å². The van der Waals surface area contributed by atoms with E-state index in [2.05, 4.69) is 5.32 Å². The number of hydrogen-bond acceptors (Lipinski definition) is 4. The van der Waals surface area contributed by atoms with Gasteiger partial charge in [0.2, 0.25) is 10.0 Å². The van der Waals surface area contributed by atoms with Gasteiger partial charge in [0.25, 0.3) is 5.91 Å². The number of rotatable bonds is 3. The number of aromatic hydroxyl groups is 1. The maximum atomic E-state index is 12.0. The maximum Gasteiger partial charge on any atom is 0.255 e. The highest BCUT2D eigenvalue weighted by Gasteiger charge is 2.10. The third-order valence-corrected chi connectivity index (χ3v) is 3.88. The first kappa shape index (κ1) is 15.3. The Morgan fingerprint density at radius 3 is 2.29 bits per heavy atom. The van der Waals surface area contributed by atoms with E-state index in [-0.39, 0.29) is 21.2 Å². The molecule has 0 aliphatic rings. The molecule has 0 bridgehead atoms. The SMILES string of the molecule is NS(=O)(=O)c1ccc(NC(=O)c2ccc(O)c(Cl)c2)cc1. The normalized spacial score (nSPS) is 11.1. The Morgan fingerprint density at radius 2 is 1.76 bits per heavy atom. The molecular weight excluding hydrogens is 316 g/mol. The minimum Gasteiger partial charge on any atom is -0.506 e. The Kier molecular flexibility index (Phi) is 4.17. The lowest BCUT2D eigenvalue weighted by molar-refractivity contribution is 0.102. The van der Waals surface area contributed by atoms with Crippen molar-refractivity contribution < 1.29 is 18.3 Å². The summed E-state index contributed by atoms with van der Waals surface area (Å²) in [4.78, 5) is 11.9. The highest BCUT2D eigenvalue weighted by atomic mass is 35.5. The molecule has 0 spiro atoms. The highest BCUT2D eigenvalue weighted by Crippen LogP contribution is 2.24. The monoisotopic (exact) mass is 326 g/mol. The summed E-state index contributed by atoms with van der Waals surface area (Å²) in [5.41, 5.74) is 0.657. The fourth-order valence-electron chi connectivity index (χ4n) is 1.58.